The Morgan fingerprint density at radius 3 is 2.36 bits per heavy atom. The Kier molecular flexibility index (Phi) is 5.26. The van der Waals surface area contributed by atoms with Crippen LogP contribution in [0.5, 0.6) is 5.75 Å². The van der Waals surface area contributed by atoms with Gasteiger partial charge in [-0.1, -0.05) is 39.0 Å². The molecule has 0 aliphatic carbocycles. The fourth-order valence-corrected chi connectivity index (χ4v) is 2.57. The van der Waals surface area contributed by atoms with Gasteiger partial charge in [-0.25, -0.2) is 0 Å². The van der Waals surface area contributed by atoms with E-state index in [-0.39, 0.29) is 5.41 Å². The van der Waals surface area contributed by atoms with E-state index >= 15 is 0 Å². The average Bonchev–Trinajstić information content (AvgIpc) is 2.54. The van der Waals surface area contributed by atoms with Crippen LogP contribution in [0.4, 0.5) is 0 Å². The lowest BCUT2D eigenvalue weighted by Gasteiger charge is -2.24. The standard InChI is InChI=1S/C19H20BrNO/c1-4-19(2,3)16-9-10-18(17(20)11-16)22-13-15-7-5-14(12-21)6-8-15/h5-11H,4,13H2,1-3H3. The molecule has 0 fully saturated rings. The predicted octanol–water partition coefficient (Wildman–Crippen LogP) is 5.59. The summed E-state index contributed by atoms with van der Waals surface area (Å²) in [5, 5.41) is 8.80. The third-order valence-electron chi connectivity index (χ3n) is 4.07. The Balaban J connectivity index is 2.08. The first kappa shape index (κ1) is 16.6. The highest BCUT2D eigenvalue weighted by atomic mass is 79.9. The lowest BCUT2D eigenvalue weighted by Crippen LogP contribution is -2.15. The van der Waals surface area contributed by atoms with E-state index in [9.17, 15) is 0 Å². The number of nitriles is 1. The monoisotopic (exact) mass is 357 g/mol. The van der Waals surface area contributed by atoms with E-state index in [0.717, 1.165) is 22.2 Å². The molecule has 2 aromatic rings. The molecule has 0 heterocycles. The Morgan fingerprint density at radius 2 is 1.82 bits per heavy atom. The molecule has 114 valence electrons. The summed E-state index contributed by atoms with van der Waals surface area (Å²) in [6, 6.07) is 15.8. The van der Waals surface area contributed by atoms with Crippen LogP contribution >= 0.6 is 15.9 Å². The SMILES string of the molecule is CCC(C)(C)c1ccc(OCc2ccc(C#N)cc2)c(Br)c1. The highest BCUT2D eigenvalue weighted by Gasteiger charge is 2.19. The van der Waals surface area contributed by atoms with Crippen LogP contribution in [0.25, 0.3) is 0 Å². The first-order chi connectivity index (χ1) is 10.5. The zero-order chi connectivity index (χ0) is 16.2. The van der Waals surface area contributed by atoms with Crippen LogP contribution in [0.15, 0.2) is 46.9 Å². The normalized spacial score (nSPS) is 11.0. The number of rotatable bonds is 5. The summed E-state index contributed by atoms with van der Waals surface area (Å²) < 4.78 is 6.84. The number of ether oxygens (including phenoxy) is 1. The molecule has 3 heteroatoms. The van der Waals surface area contributed by atoms with Crippen molar-refractivity contribution in [2.24, 2.45) is 0 Å². The molecule has 0 radical (unpaired) electrons. The van der Waals surface area contributed by atoms with Gasteiger partial charge in [-0.15, -0.1) is 0 Å². The Morgan fingerprint density at radius 1 is 1.14 bits per heavy atom. The van der Waals surface area contributed by atoms with Gasteiger partial charge in [0.1, 0.15) is 12.4 Å². The Labute approximate surface area is 140 Å². The second kappa shape index (κ2) is 6.98. The van der Waals surface area contributed by atoms with Crippen molar-refractivity contribution in [1.29, 1.82) is 5.26 Å². The number of benzene rings is 2. The molecule has 22 heavy (non-hydrogen) atoms. The highest BCUT2D eigenvalue weighted by molar-refractivity contribution is 9.10. The lowest BCUT2D eigenvalue weighted by molar-refractivity contribution is 0.304. The van der Waals surface area contributed by atoms with Crippen LogP contribution in [0.3, 0.4) is 0 Å². The Bertz CT molecular complexity index is 684. The zero-order valence-corrected chi connectivity index (χ0v) is 14.8. The smallest absolute Gasteiger partial charge is 0.134 e. The molecule has 2 rings (SSSR count). The van der Waals surface area contributed by atoms with Crippen molar-refractivity contribution in [3.63, 3.8) is 0 Å². The second-order valence-corrected chi connectivity index (χ2v) is 6.83. The summed E-state index contributed by atoms with van der Waals surface area (Å²) in [6.45, 7) is 7.17. The molecule has 0 amide bonds. The van der Waals surface area contributed by atoms with Crippen LogP contribution < -0.4 is 4.74 Å². The van der Waals surface area contributed by atoms with Crippen molar-refractivity contribution in [2.75, 3.05) is 0 Å². The van der Waals surface area contributed by atoms with Gasteiger partial charge in [0.2, 0.25) is 0 Å². The summed E-state index contributed by atoms with van der Waals surface area (Å²) in [7, 11) is 0. The van der Waals surface area contributed by atoms with E-state index in [2.05, 4.69) is 54.9 Å². The zero-order valence-electron chi connectivity index (χ0n) is 13.2. The minimum absolute atomic E-state index is 0.161. The summed E-state index contributed by atoms with van der Waals surface area (Å²) in [6.07, 6.45) is 1.09. The molecule has 2 aromatic carbocycles. The molecular weight excluding hydrogens is 338 g/mol. The predicted molar refractivity (Wildman–Crippen MR) is 92.9 cm³/mol. The van der Waals surface area contributed by atoms with Crippen molar-refractivity contribution in [2.45, 2.75) is 39.2 Å². The summed E-state index contributed by atoms with van der Waals surface area (Å²) in [5.74, 6) is 0.833. The fraction of sp³-hybridized carbons (Fsp3) is 0.316. The third-order valence-corrected chi connectivity index (χ3v) is 4.69. The summed E-state index contributed by atoms with van der Waals surface area (Å²) in [4.78, 5) is 0. The summed E-state index contributed by atoms with van der Waals surface area (Å²) >= 11 is 3.60. The third kappa shape index (κ3) is 3.90. The maximum atomic E-state index is 8.80. The molecule has 0 aliphatic heterocycles. The van der Waals surface area contributed by atoms with Crippen molar-refractivity contribution >= 4 is 15.9 Å². The summed E-state index contributed by atoms with van der Waals surface area (Å²) in [5.41, 5.74) is 3.17. The van der Waals surface area contributed by atoms with Crippen molar-refractivity contribution in [3.05, 3.63) is 63.6 Å². The molecule has 0 aromatic heterocycles. The molecular formula is C19H20BrNO. The molecule has 0 saturated carbocycles. The van der Waals surface area contributed by atoms with Crippen LogP contribution in [-0.2, 0) is 12.0 Å². The molecule has 0 atom stereocenters. The van der Waals surface area contributed by atoms with Gasteiger partial charge in [0.25, 0.3) is 0 Å². The average molecular weight is 358 g/mol. The van der Waals surface area contributed by atoms with Gasteiger partial charge in [0, 0.05) is 0 Å². The van der Waals surface area contributed by atoms with Gasteiger partial charge < -0.3 is 4.74 Å². The van der Waals surface area contributed by atoms with E-state index < -0.39 is 0 Å². The van der Waals surface area contributed by atoms with Gasteiger partial charge in [-0.05, 0) is 63.2 Å². The minimum Gasteiger partial charge on any atom is -0.488 e. The van der Waals surface area contributed by atoms with Crippen LogP contribution in [-0.4, -0.2) is 0 Å². The number of hydrogen-bond acceptors (Lipinski definition) is 2. The van der Waals surface area contributed by atoms with E-state index in [1.807, 2.05) is 18.2 Å². The maximum absolute atomic E-state index is 8.80. The molecule has 0 spiro atoms. The van der Waals surface area contributed by atoms with Crippen LogP contribution in [0.2, 0.25) is 0 Å². The molecule has 0 saturated heterocycles. The molecule has 0 N–H and O–H groups in total. The largest absolute Gasteiger partial charge is 0.488 e. The van der Waals surface area contributed by atoms with Crippen LogP contribution in [0.1, 0.15) is 43.9 Å². The maximum Gasteiger partial charge on any atom is 0.134 e. The van der Waals surface area contributed by atoms with E-state index in [1.165, 1.54) is 5.56 Å². The van der Waals surface area contributed by atoms with Gasteiger partial charge in [0.05, 0.1) is 16.1 Å². The highest BCUT2D eigenvalue weighted by Crippen LogP contribution is 2.33. The molecule has 0 bridgehead atoms. The molecule has 2 nitrogen and oxygen atoms in total. The van der Waals surface area contributed by atoms with E-state index in [4.69, 9.17) is 10.00 Å². The van der Waals surface area contributed by atoms with Gasteiger partial charge in [-0.3, -0.25) is 0 Å². The van der Waals surface area contributed by atoms with Crippen molar-refractivity contribution < 1.29 is 4.74 Å². The molecule has 0 aliphatic rings. The van der Waals surface area contributed by atoms with Gasteiger partial charge >= 0.3 is 0 Å². The second-order valence-electron chi connectivity index (χ2n) is 5.98. The molecule has 0 unspecified atom stereocenters. The number of hydrogen-bond donors (Lipinski definition) is 0. The van der Waals surface area contributed by atoms with E-state index in [1.54, 1.807) is 12.1 Å². The van der Waals surface area contributed by atoms with Gasteiger partial charge in [-0.2, -0.15) is 5.26 Å². The number of nitrogens with zero attached hydrogens (tertiary/aromatic N) is 1. The van der Waals surface area contributed by atoms with Gasteiger partial charge in [0.15, 0.2) is 0 Å². The lowest BCUT2D eigenvalue weighted by atomic mass is 9.82. The van der Waals surface area contributed by atoms with Crippen LogP contribution in [0, 0.1) is 11.3 Å². The van der Waals surface area contributed by atoms with Crippen molar-refractivity contribution in [1.82, 2.24) is 0 Å². The fourth-order valence-electron chi connectivity index (χ4n) is 2.08. The first-order valence-electron chi connectivity index (χ1n) is 7.38. The quantitative estimate of drug-likeness (QED) is 0.698. The van der Waals surface area contributed by atoms with E-state index in [0.29, 0.717) is 12.2 Å². The number of halogens is 1. The van der Waals surface area contributed by atoms with Crippen molar-refractivity contribution in [3.8, 4) is 11.8 Å². The Hall–Kier alpha value is -1.79. The topological polar surface area (TPSA) is 33.0 Å². The minimum atomic E-state index is 0.161. The first-order valence-corrected chi connectivity index (χ1v) is 8.17.